The summed E-state index contributed by atoms with van der Waals surface area (Å²) in [6.07, 6.45) is -0.430. The Kier molecular flexibility index (Phi) is 11.6. The second-order valence-electron chi connectivity index (χ2n) is 14.6. The summed E-state index contributed by atoms with van der Waals surface area (Å²) < 4.78 is 46.3. The van der Waals surface area contributed by atoms with Crippen molar-refractivity contribution in [1.29, 1.82) is 0 Å². The molecule has 4 aromatic rings. The van der Waals surface area contributed by atoms with Crippen LogP contribution in [0, 0.1) is 17.6 Å². The minimum Gasteiger partial charge on any atom is -0.544 e. The maximum atomic E-state index is 15.0. The maximum absolute atomic E-state index is 15.0. The smallest absolute Gasteiger partial charge is 0.417 e. The largest absolute Gasteiger partial charge is 0.544 e. The van der Waals surface area contributed by atoms with Gasteiger partial charge >= 0.3 is 6.09 Å². The number of nitrogens with one attached hydrogen (secondary N) is 1. The molecule has 4 aromatic carbocycles. The van der Waals surface area contributed by atoms with E-state index in [9.17, 15) is 18.4 Å². The Bertz CT molecular complexity index is 1730. The van der Waals surface area contributed by atoms with Gasteiger partial charge in [-0.1, -0.05) is 54.6 Å². The van der Waals surface area contributed by atoms with Gasteiger partial charge in [-0.3, -0.25) is 4.79 Å². The molecule has 0 unspecified atom stereocenters. The van der Waals surface area contributed by atoms with Gasteiger partial charge in [0.15, 0.2) is 8.32 Å². The molecule has 4 atom stereocenters. The van der Waals surface area contributed by atoms with Crippen molar-refractivity contribution in [2.45, 2.75) is 70.3 Å². The van der Waals surface area contributed by atoms with Gasteiger partial charge in [0.2, 0.25) is 14.2 Å². The highest BCUT2D eigenvalue weighted by molar-refractivity contribution is 6.70. The fourth-order valence-electron chi connectivity index (χ4n) is 6.16. The Labute approximate surface area is 295 Å². The summed E-state index contributed by atoms with van der Waals surface area (Å²) in [5.41, 5.74) is 2.98. The minimum absolute atomic E-state index is 0.0387. The van der Waals surface area contributed by atoms with Gasteiger partial charge in [-0.25, -0.2) is 18.5 Å². The molecule has 11 heteroatoms. The number of hydrogen-bond donors (Lipinski definition) is 1. The van der Waals surface area contributed by atoms with Crippen LogP contribution < -0.4 is 9.74 Å². The number of ether oxygens (including phenoxy) is 1. The van der Waals surface area contributed by atoms with Gasteiger partial charge in [0, 0.05) is 5.69 Å². The van der Waals surface area contributed by atoms with Crippen molar-refractivity contribution in [2.75, 3.05) is 11.9 Å². The van der Waals surface area contributed by atoms with Crippen molar-refractivity contribution in [3.05, 3.63) is 131 Å². The number of rotatable bonds is 14. The van der Waals surface area contributed by atoms with E-state index in [0.29, 0.717) is 18.5 Å². The molecule has 0 spiro atoms. The standard InChI is InChI=1S/C39H46F2N2O5Si2/c1-49(2,3)47-33-22-14-29(15-23-33)37(42-32-20-18-31(41)19-21-32)34(24-25-36(48-50(4,5)6)28-12-16-30(40)17-13-28)38(44)43-35(26-46-39(43)45)27-10-8-7-9-11-27/h7-23,34-37,42H,24-26H2,1-6H3/t34-,35-,36+,37-/m1/s1/i14+2,15+2,22+2,23+2,29+2,33+2. The summed E-state index contributed by atoms with van der Waals surface area (Å²) in [6.45, 7) is 12.6. The van der Waals surface area contributed by atoms with Gasteiger partial charge in [-0.15, -0.1) is 0 Å². The SMILES string of the molecule is C[Si](C)(C)O[C@@H](CC[C@@H](C(=O)N1C(=O)OC[C@@H]1c1ccccc1)[C@H](Nc1ccc(F)cc1)[14c]1[14cH][14cH][14c](O[Si](C)(C)C)[14cH][14cH]1)c1ccc(F)cc1. The van der Waals surface area contributed by atoms with Gasteiger partial charge < -0.3 is 18.9 Å². The van der Waals surface area contributed by atoms with Crippen LogP contribution >= 0.6 is 0 Å². The van der Waals surface area contributed by atoms with E-state index >= 15 is 0 Å². The van der Waals surface area contributed by atoms with Crippen LogP contribution in [0.25, 0.3) is 0 Å². The molecule has 2 amide bonds. The third-order valence-corrected chi connectivity index (χ3v) is 10.2. The molecule has 264 valence electrons. The number of amides is 2. The van der Waals surface area contributed by atoms with E-state index in [4.69, 9.17) is 13.6 Å². The predicted molar refractivity (Wildman–Crippen MR) is 197 cm³/mol. The van der Waals surface area contributed by atoms with E-state index in [1.54, 1.807) is 24.3 Å². The van der Waals surface area contributed by atoms with Crippen LogP contribution in [0.5, 0.6) is 5.75 Å². The first-order valence-electron chi connectivity index (χ1n) is 17.0. The molecule has 0 radical (unpaired) electrons. The van der Waals surface area contributed by atoms with Crippen molar-refractivity contribution in [3.63, 3.8) is 0 Å². The van der Waals surface area contributed by atoms with Crippen molar-refractivity contribution >= 4 is 34.3 Å². The predicted octanol–water partition coefficient (Wildman–Crippen LogP) is 10.0. The van der Waals surface area contributed by atoms with Crippen LogP contribution in [0.2, 0.25) is 39.3 Å². The zero-order valence-electron chi connectivity index (χ0n) is 29.5. The third-order valence-electron chi connectivity index (χ3n) is 8.32. The summed E-state index contributed by atoms with van der Waals surface area (Å²) >= 11 is 0. The quantitative estimate of drug-likeness (QED) is 0.130. The van der Waals surface area contributed by atoms with Crippen molar-refractivity contribution < 1.29 is 32.0 Å². The number of anilines is 1. The molecule has 1 aliphatic rings. The first-order chi connectivity index (χ1) is 23.7. The van der Waals surface area contributed by atoms with Crippen LogP contribution in [0.15, 0.2) is 103 Å². The first-order valence-corrected chi connectivity index (χ1v) is 23.8. The zero-order chi connectivity index (χ0) is 36.1. The zero-order valence-corrected chi connectivity index (χ0v) is 31.5. The summed E-state index contributed by atoms with van der Waals surface area (Å²) in [5.74, 6) is -1.23. The molecule has 7 nitrogen and oxygen atoms in total. The highest BCUT2D eigenvalue weighted by Gasteiger charge is 2.44. The molecule has 5 rings (SSSR count). The molecular weight excluding hydrogens is 683 g/mol. The highest BCUT2D eigenvalue weighted by atomic mass is 28.4. The molecule has 0 aliphatic carbocycles. The van der Waals surface area contributed by atoms with Gasteiger partial charge in [0.1, 0.15) is 30.0 Å². The molecule has 0 aromatic heterocycles. The summed E-state index contributed by atoms with van der Waals surface area (Å²) in [6, 6.07) is 27.9. The topological polar surface area (TPSA) is 77.1 Å². The van der Waals surface area contributed by atoms with E-state index in [0.717, 1.165) is 22.4 Å². The molecule has 1 saturated heterocycles. The number of nitrogens with zero attached hydrogens (tertiary/aromatic N) is 1. The number of cyclic esters (lactones) is 1. The molecule has 1 N–H and O–H groups in total. The van der Waals surface area contributed by atoms with Crippen LogP contribution in [0.3, 0.4) is 0 Å². The molecule has 1 aliphatic heterocycles. The molecule has 0 saturated carbocycles. The van der Waals surface area contributed by atoms with Crippen LogP contribution in [0.4, 0.5) is 19.3 Å². The fraction of sp³-hybridized carbons (Fsp3) is 0.333. The number of benzene rings is 4. The van der Waals surface area contributed by atoms with E-state index < -0.39 is 52.7 Å². The summed E-state index contributed by atoms with van der Waals surface area (Å²) in [7, 11) is -4.01. The Balaban J connectivity index is 1.58. The fourth-order valence-corrected chi connectivity index (χ4v) is 8.12. The van der Waals surface area contributed by atoms with Gasteiger partial charge in [-0.2, -0.15) is 0 Å². The average Bonchev–Trinajstić information content (AvgIpc) is 3.45. The van der Waals surface area contributed by atoms with E-state index in [-0.39, 0.29) is 18.2 Å². The van der Waals surface area contributed by atoms with Crippen LogP contribution in [0.1, 0.15) is 47.7 Å². The minimum atomic E-state index is -2.12. The van der Waals surface area contributed by atoms with E-state index in [2.05, 4.69) is 44.6 Å². The maximum Gasteiger partial charge on any atom is 0.417 e. The lowest BCUT2D eigenvalue weighted by molar-refractivity contribution is -0.134. The second kappa shape index (κ2) is 15.7. The normalized spacial score (nSPS) is 16.8. The lowest BCUT2D eigenvalue weighted by Crippen LogP contribution is -2.42. The molecule has 1 heterocycles. The van der Waals surface area contributed by atoms with Gasteiger partial charge in [0.25, 0.3) is 0 Å². The Morgan fingerprint density at radius 3 is 2.06 bits per heavy atom. The van der Waals surface area contributed by atoms with Crippen LogP contribution in [-0.2, 0) is 14.0 Å². The Morgan fingerprint density at radius 1 is 0.880 bits per heavy atom. The Hall–Kier alpha value is -4.33. The van der Waals surface area contributed by atoms with E-state index in [1.807, 2.05) is 54.6 Å². The molecule has 0 bridgehead atoms. The number of carbonyl (C=O) groups is 2. The third kappa shape index (κ3) is 9.89. The van der Waals surface area contributed by atoms with E-state index in [1.165, 1.54) is 29.2 Å². The summed E-state index contributed by atoms with van der Waals surface area (Å²) in [5, 5.41) is 3.50. The number of imide groups is 1. The lowest BCUT2D eigenvalue weighted by Gasteiger charge is -2.34. The van der Waals surface area contributed by atoms with Gasteiger partial charge in [-0.05, 0) is 117 Å². The lowest BCUT2D eigenvalue weighted by atomic mass is 9.92. The monoisotopic (exact) mass is 728 g/mol. The second-order valence-corrected chi connectivity index (χ2v) is 23.5. The molecular formula is C39H46F2N2O5Si2. The Morgan fingerprint density at radius 2 is 1.48 bits per heavy atom. The summed E-state index contributed by atoms with van der Waals surface area (Å²) in [4.78, 5) is 29.6. The highest BCUT2D eigenvalue weighted by Crippen LogP contribution is 2.39. The first kappa shape index (κ1) is 36.9. The van der Waals surface area contributed by atoms with Gasteiger partial charge in [0.05, 0.1) is 18.1 Å². The number of halogens is 2. The number of hydrogen-bond acceptors (Lipinski definition) is 6. The van der Waals surface area contributed by atoms with Crippen LogP contribution in [-0.4, -0.2) is 40.1 Å². The van der Waals surface area contributed by atoms with Crippen molar-refractivity contribution in [2.24, 2.45) is 5.92 Å². The molecule has 50 heavy (non-hydrogen) atoms. The average molecular weight is 729 g/mol. The van der Waals surface area contributed by atoms with Crippen molar-refractivity contribution in [3.8, 4) is 5.75 Å². The van der Waals surface area contributed by atoms with Crippen molar-refractivity contribution in [1.82, 2.24) is 4.90 Å². The molecule has 1 fully saturated rings. The number of carbonyl (C=O) groups excluding carboxylic acids is 2.